The van der Waals surface area contributed by atoms with Gasteiger partial charge in [-0.3, -0.25) is 0 Å². The molecule has 0 saturated heterocycles. The van der Waals surface area contributed by atoms with Crippen LogP contribution in [0.4, 0.5) is 17.1 Å². The van der Waals surface area contributed by atoms with Crippen LogP contribution in [0.5, 0.6) is 0 Å². The van der Waals surface area contributed by atoms with Crippen molar-refractivity contribution in [2.24, 2.45) is 0 Å². The van der Waals surface area contributed by atoms with Gasteiger partial charge in [-0.2, -0.15) is 0 Å². The SMILES string of the molecule is [2H]c1c([2H])c(N(c2ccc(-c3ccc(-c4ccccc4)cc3)cc2)c2c([2H])c([2H])c(-c3ccc4oc5ccccc5c4c3)c([2H])c2[2H])c([2H])c([2H])c1-c1ccccc1. The van der Waals surface area contributed by atoms with Crippen LogP contribution in [0, 0.1) is 0 Å². The maximum atomic E-state index is 9.44. The van der Waals surface area contributed by atoms with Crippen LogP contribution in [0.2, 0.25) is 0 Å². The second-order valence-electron chi connectivity index (χ2n) is 11.9. The van der Waals surface area contributed by atoms with E-state index in [4.69, 9.17) is 7.16 Å². The summed E-state index contributed by atoms with van der Waals surface area (Å²) in [5.74, 6) is 0. The summed E-state index contributed by atoms with van der Waals surface area (Å²) in [7, 11) is 0. The lowest BCUT2D eigenvalue weighted by molar-refractivity contribution is 0.669. The van der Waals surface area contributed by atoms with E-state index in [0.29, 0.717) is 28.0 Å². The Hall–Kier alpha value is -6.64. The molecule has 236 valence electrons. The molecule has 0 fully saturated rings. The van der Waals surface area contributed by atoms with Gasteiger partial charge in [0.05, 0.1) is 11.0 Å². The van der Waals surface area contributed by atoms with Crippen LogP contribution in [0.15, 0.2) is 204 Å². The number of para-hydroxylation sites is 1. The van der Waals surface area contributed by atoms with Crippen molar-refractivity contribution in [2.75, 3.05) is 4.90 Å². The second kappa shape index (κ2) is 12.8. The van der Waals surface area contributed by atoms with Gasteiger partial charge in [0.15, 0.2) is 0 Å². The summed E-state index contributed by atoms with van der Waals surface area (Å²) in [6.07, 6.45) is 0. The molecule has 0 amide bonds. The fourth-order valence-electron chi connectivity index (χ4n) is 6.27. The molecule has 8 aromatic carbocycles. The molecule has 2 heteroatoms. The third kappa shape index (κ3) is 5.63. The third-order valence-electron chi connectivity index (χ3n) is 8.85. The number of rotatable bonds is 7. The van der Waals surface area contributed by atoms with Crippen LogP contribution >= 0.6 is 0 Å². The van der Waals surface area contributed by atoms with Gasteiger partial charge in [-0.25, -0.2) is 0 Å². The minimum absolute atomic E-state index is 0.0826. The van der Waals surface area contributed by atoms with Gasteiger partial charge in [0, 0.05) is 27.8 Å². The molecular formula is C48H33NO. The molecule has 0 unspecified atom stereocenters. The van der Waals surface area contributed by atoms with E-state index in [-0.39, 0.29) is 46.7 Å². The summed E-state index contributed by atoms with van der Waals surface area (Å²) in [4.78, 5) is 1.33. The van der Waals surface area contributed by atoms with Crippen molar-refractivity contribution in [1.29, 1.82) is 0 Å². The molecule has 1 aromatic heterocycles. The third-order valence-corrected chi connectivity index (χ3v) is 8.85. The number of anilines is 3. The Morgan fingerprint density at radius 3 is 1.32 bits per heavy atom. The Kier molecular flexibility index (Phi) is 5.63. The zero-order chi connectivity index (χ0) is 40.2. The molecule has 0 aliphatic carbocycles. The van der Waals surface area contributed by atoms with Gasteiger partial charge < -0.3 is 9.32 Å². The van der Waals surface area contributed by atoms with E-state index >= 15 is 0 Å². The van der Waals surface area contributed by atoms with Crippen molar-refractivity contribution in [1.82, 2.24) is 0 Å². The molecule has 9 aromatic rings. The highest BCUT2D eigenvalue weighted by Gasteiger charge is 2.15. The molecule has 2 nitrogen and oxygen atoms in total. The van der Waals surface area contributed by atoms with E-state index < -0.39 is 24.2 Å². The monoisotopic (exact) mass is 647 g/mol. The summed E-state index contributed by atoms with van der Waals surface area (Å²) in [6.45, 7) is 0. The molecule has 0 bridgehead atoms. The van der Waals surface area contributed by atoms with Gasteiger partial charge in [0.25, 0.3) is 0 Å². The standard InChI is InChI=1S/C48H33NO/c1-3-9-34(10-4-1)36-15-17-37(18-16-36)39-21-28-43(29-22-39)49(42-26-19-38(20-27-42)35-11-5-2-6-12-35)44-30-23-40(24-31-44)41-25-32-48-46(33-41)45-13-7-8-14-47(45)50-48/h1-33H/i19D,20D,23D,24D,26D,27D,30D,31D. The van der Waals surface area contributed by atoms with Crippen molar-refractivity contribution >= 4 is 39.0 Å². The van der Waals surface area contributed by atoms with Crippen molar-refractivity contribution in [3.8, 4) is 44.5 Å². The Bertz CT molecular complexity index is 2960. The Balaban J connectivity index is 1.22. The lowest BCUT2D eigenvalue weighted by atomic mass is 10.00. The number of nitrogens with zero attached hydrogens (tertiary/aromatic N) is 1. The summed E-state index contributed by atoms with van der Waals surface area (Å²) in [6, 6.07) is 44.1. The van der Waals surface area contributed by atoms with Crippen LogP contribution in [0.1, 0.15) is 11.0 Å². The molecule has 0 aliphatic rings. The van der Waals surface area contributed by atoms with Crippen LogP contribution in [0.25, 0.3) is 66.4 Å². The number of furan rings is 1. The van der Waals surface area contributed by atoms with Gasteiger partial charge in [-0.05, 0) is 99.0 Å². The molecule has 0 N–H and O–H groups in total. The van der Waals surface area contributed by atoms with E-state index in [9.17, 15) is 8.22 Å². The largest absolute Gasteiger partial charge is 0.456 e. The predicted octanol–water partition coefficient (Wildman–Crippen LogP) is 13.7. The maximum Gasteiger partial charge on any atom is 0.135 e. The van der Waals surface area contributed by atoms with E-state index in [1.165, 1.54) is 4.90 Å². The van der Waals surface area contributed by atoms with Crippen LogP contribution < -0.4 is 4.90 Å². The van der Waals surface area contributed by atoms with E-state index in [0.717, 1.165) is 33.0 Å². The van der Waals surface area contributed by atoms with E-state index in [2.05, 4.69) is 12.1 Å². The smallest absolute Gasteiger partial charge is 0.135 e. The minimum atomic E-state index is -0.405. The number of hydrogen-bond donors (Lipinski definition) is 0. The highest BCUT2D eigenvalue weighted by Crippen LogP contribution is 2.39. The molecule has 50 heavy (non-hydrogen) atoms. The normalized spacial score (nSPS) is 13.4. The number of hydrogen-bond acceptors (Lipinski definition) is 2. The first kappa shape index (κ1) is 22.1. The lowest BCUT2D eigenvalue weighted by Gasteiger charge is -2.26. The van der Waals surface area contributed by atoms with Crippen molar-refractivity contribution in [2.45, 2.75) is 0 Å². The van der Waals surface area contributed by atoms with Gasteiger partial charge in [-0.1, -0.05) is 145 Å². The number of fused-ring (bicyclic) bond motifs is 3. The molecule has 1 heterocycles. The highest BCUT2D eigenvalue weighted by atomic mass is 16.3. The van der Waals surface area contributed by atoms with Gasteiger partial charge in [0.2, 0.25) is 0 Å². The molecular weight excluding hydrogens is 607 g/mol. The van der Waals surface area contributed by atoms with Crippen LogP contribution in [0.3, 0.4) is 0 Å². The van der Waals surface area contributed by atoms with Crippen molar-refractivity contribution < 1.29 is 15.4 Å². The lowest BCUT2D eigenvalue weighted by Crippen LogP contribution is -2.09. The zero-order valence-corrected chi connectivity index (χ0v) is 26.8. The molecule has 0 atom stereocenters. The first-order chi connectivity index (χ1) is 28.1. The first-order valence-electron chi connectivity index (χ1n) is 20.4. The average Bonchev–Trinajstić information content (AvgIpc) is 3.64. The van der Waals surface area contributed by atoms with Gasteiger partial charge >= 0.3 is 0 Å². The molecule has 0 aliphatic heterocycles. The van der Waals surface area contributed by atoms with Gasteiger partial charge in [-0.15, -0.1) is 0 Å². The first-order valence-corrected chi connectivity index (χ1v) is 16.4. The summed E-state index contributed by atoms with van der Waals surface area (Å²) < 4.78 is 80.4. The molecule has 0 saturated carbocycles. The van der Waals surface area contributed by atoms with Crippen LogP contribution in [-0.4, -0.2) is 0 Å². The van der Waals surface area contributed by atoms with Gasteiger partial charge in [0.1, 0.15) is 11.2 Å². The van der Waals surface area contributed by atoms with Crippen molar-refractivity contribution in [3.05, 3.63) is 200 Å². The van der Waals surface area contributed by atoms with E-state index in [1.54, 1.807) is 60.7 Å². The Morgan fingerprint density at radius 1 is 0.320 bits per heavy atom. The Morgan fingerprint density at radius 2 is 0.740 bits per heavy atom. The highest BCUT2D eigenvalue weighted by molar-refractivity contribution is 6.06. The van der Waals surface area contributed by atoms with Crippen LogP contribution in [-0.2, 0) is 0 Å². The Labute approximate surface area is 303 Å². The maximum absolute atomic E-state index is 9.44. The quantitative estimate of drug-likeness (QED) is 0.171. The predicted molar refractivity (Wildman–Crippen MR) is 210 cm³/mol. The topological polar surface area (TPSA) is 16.4 Å². The average molecular weight is 648 g/mol. The molecule has 0 spiro atoms. The molecule has 9 rings (SSSR count). The molecule has 0 radical (unpaired) electrons. The fourth-order valence-corrected chi connectivity index (χ4v) is 6.27. The minimum Gasteiger partial charge on any atom is -0.456 e. The summed E-state index contributed by atoms with van der Waals surface area (Å²) in [5.41, 5.74) is 6.38. The van der Waals surface area contributed by atoms with E-state index in [1.807, 2.05) is 78.9 Å². The summed E-state index contributed by atoms with van der Waals surface area (Å²) in [5, 5.41) is 1.63. The zero-order valence-electron chi connectivity index (χ0n) is 34.8. The number of benzene rings is 8. The van der Waals surface area contributed by atoms with Crippen molar-refractivity contribution in [3.63, 3.8) is 0 Å². The second-order valence-corrected chi connectivity index (χ2v) is 11.9. The fraction of sp³-hybridized carbons (Fsp3) is 0. The summed E-state index contributed by atoms with van der Waals surface area (Å²) >= 11 is 0.